The predicted molar refractivity (Wildman–Crippen MR) is 68.6 cm³/mol. The fourth-order valence-electron chi connectivity index (χ4n) is 2.55. The molecule has 0 aliphatic carbocycles. The second kappa shape index (κ2) is 7.63. The lowest BCUT2D eigenvalue weighted by Gasteiger charge is -2.44. The van der Waals surface area contributed by atoms with Crippen LogP contribution in [0.25, 0.3) is 0 Å². The number of hydrogen-bond donors (Lipinski definition) is 8. The molecule has 0 aromatic carbocycles. The van der Waals surface area contributed by atoms with Crippen molar-refractivity contribution in [3.8, 4) is 0 Å². The van der Waals surface area contributed by atoms with Gasteiger partial charge in [0.15, 0.2) is 12.6 Å². The second-order valence-corrected chi connectivity index (χ2v) is 5.53. The predicted octanol–water partition coefficient (Wildman–Crippen LogP) is -5.40. The fourth-order valence-corrected chi connectivity index (χ4v) is 2.55. The maximum Gasteiger partial charge on any atom is 0.187 e. The molecule has 2 saturated heterocycles. The molecule has 11 nitrogen and oxygen atoms in total. The van der Waals surface area contributed by atoms with E-state index in [9.17, 15) is 30.6 Å². The third-order valence-corrected chi connectivity index (χ3v) is 3.98. The number of aliphatic hydroxyl groups is 8. The van der Waals surface area contributed by atoms with E-state index in [0.717, 1.165) is 0 Å². The van der Waals surface area contributed by atoms with Gasteiger partial charge in [-0.05, 0) is 0 Å². The van der Waals surface area contributed by atoms with Gasteiger partial charge in [0, 0.05) is 0 Å². The maximum absolute atomic E-state index is 9.94. The van der Waals surface area contributed by atoms with Crippen molar-refractivity contribution in [1.29, 1.82) is 0 Å². The van der Waals surface area contributed by atoms with Crippen molar-refractivity contribution in [1.82, 2.24) is 0 Å². The summed E-state index contributed by atoms with van der Waals surface area (Å²) in [5.41, 5.74) is 0. The van der Waals surface area contributed by atoms with Crippen LogP contribution in [0.5, 0.6) is 0 Å². The van der Waals surface area contributed by atoms with Crippen molar-refractivity contribution < 1.29 is 55.1 Å². The Labute approximate surface area is 130 Å². The van der Waals surface area contributed by atoms with E-state index in [0.29, 0.717) is 0 Å². The van der Waals surface area contributed by atoms with Crippen LogP contribution in [-0.4, -0.2) is 115 Å². The van der Waals surface area contributed by atoms with E-state index in [4.69, 9.17) is 24.4 Å². The Bertz CT molecular complexity index is 380. The van der Waals surface area contributed by atoms with Gasteiger partial charge in [-0.25, -0.2) is 0 Å². The Balaban J connectivity index is 2.08. The Morgan fingerprint density at radius 3 is 1.74 bits per heavy atom. The monoisotopic (exact) mass is 342 g/mol. The normalized spacial score (nSPS) is 51.7. The van der Waals surface area contributed by atoms with Crippen LogP contribution in [0.2, 0.25) is 0 Å². The number of hydrogen-bond acceptors (Lipinski definition) is 11. The molecule has 2 aliphatic rings. The van der Waals surface area contributed by atoms with Gasteiger partial charge < -0.3 is 55.1 Å². The van der Waals surface area contributed by atoms with E-state index in [2.05, 4.69) is 0 Å². The molecule has 1 unspecified atom stereocenters. The van der Waals surface area contributed by atoms with Gasteiger partial charge in [0.1, 0.15) is 48.8 Å². The average molecular weight is 342 g/mol. The molecule has 136 valence electrons. The van der Waals surface area contributed by atoms with Gasteiger partial charge in [-0.2, -0.15) is 0 Å². The molecule has 11 heteroatoms. The summed E-state index contributed by atoms with van der Waals surface area (Å²) in [4.78, 5) is 0. The highest BCUT2D eigenvalue weighted by atomic mass is 16.7. The summed E-state index contributed by atoms with van der Waals surface area (Å²) < 4.78 is 15.1. The first-order chi connectivity index (χ1) is 10.8. The van der Waals surface area contributed by atoms with Gasteiger partial charge in [-0.1, -0.05) is 0 Å². The molecule has 23 heavy (non-hydrogen) atoms. The van der Waals surface area contributed by atoms with E-state index in [1.165, 1.54) is 0 Å². The minimum Gasteiger partial charge on any atom is -0.394 e. The standard InChI is InChI=1S/C12H22O11/c13-1-3-6(16)8(18)10(11(20)21-3)23-12-9(19)7(17)5(15)4(2-14)22-12/h3-20H,1-2H2/t3-,4-,5-,6-,7?,8+,9+,10-,11+,12-/m1/s1. The van der Waals surface area contributed by atoms with E-state index in [-0.39, 0.29) is 0 Å². The van der Waals surface area contributed by atoms with Crippen LogP contribution in [-0.2, 0) is 14.2 Å². The number of ether oxygens (including phenoxy) is 3. The largest absolute Gasteiger partial charge is 0.394 e. The highest BCUT2D eigenvalue weighted by Gasteiger charge is 2.50. The first-order valence-electron chi connectivity index (χ1n) is 7.08. The van der Waals surface area contributed by atoms with Crippen LogP contribution in [0, 0.1) is 0 Å². The molecule has 2 aliphatic heterocycles. The summed E-state index contributed by atoms with van der Waals surface area (Å²) in [6.07, 6.45) is -15.6. The summed E-state index contributed by atoms with van der Waals surface area (Å²) in [6, 6.07) is 0. The summed E-state index contributed by atoms with van der Waals surface area (Å²) in [5.74, 6) is 0. The molecule has 0 radical (unpaired) electrons. The SMILES string of the molecule is OC[C@H]1O[C@H](O)[C@H](O[C@H]2O[C@H](CO)[C@@H](O)C(O)[C@@H]2O)[C@@H](O)[C@@H]1O. The first kappa shape index (κ1) is 18.9. The quantitative estimate of drug-likeness (QED) is 0.243. The minimum atomic E-state index is -1.75. The highest BCUT2D eigenvalue weighted by molar-refractivity contribution is 4.93. The van der Waals surface area contributed by atoms with Crippen LogP contribution in [0.15, 0.2) is 0 Å². The molecule has 0 aromatic heterocycles. The van der Waals surface area contributed by atoms with Crippen molar-refractivity contribution in [2.24, 2.45) is 0 Å². The molecule has 0 aromatic rings. The zero-order valence-corrected chi connectivity index (χ0v) is 12.0. The zero-order valence-electron chi connectivity index (χ0n) is 12.0. The van der Waals surface area contributed by atoms with E-state index < -0.39 is 74.6 Å². The van der Waals surface area contributed by atoms with Gasteiger partial charge in [-0.3, -0.25) is 0 Å². The van der Waals surface area contributed by atoms with Gasteiger partial charge in [0.2, 0.25) is 0 Å². The van der Waals surface area contributed by atoms with Crippen LogP contribution < -0.4 is 0 Å². The van der Waals surface area contributed by atoms with E-state index >= 15 is 0 Å². The van der Waals surface area contributed by atoms with E-state index in [1.807, 2.05) is 0 Å². The molecule has 0 spiro atoms. The zero-order chi connectivity index (χ0) is 17.3. The lowest BCUT2D eigenvalue weighted by atomic mass is 9.97. The third kappa shape index (κ3) is 3.65. The Morgan fingerprint density at radius 1 is 0.652 bits per heavy atom. The molecular formula is C12H22O11. The lowest BCUT2D eigenvalue weighted by molar-refractivity contribution is -0.361. The first-order valence-corrected chi connectivity index (χ1v) is 7.08. The molecule has 8 N–H and O–H groups in total. The van der Waals surface area contributed by atoms with Crippen LogP contribution in [0.1, 0.15) is 0 Å². The average Bonchev–Trinajstić information content (AvgIpc) is 2.54. The van der Waals surface area contributed by atoms with Crippen LogP contribution in [0.3, 0.4) is 0 Å². The molecule has 0 amide bonds. The Hall–Kier alpha value is -0.440. The van der Waals surface area contributed by atoms with Crippen molar-refractivity contribution in [3.05, 3.63) is 0 Å². The Kier molecular flexibility index (Phi) is 6.27. The van der Waals surface area contributed by atoms with Crippen LogP contribution >= 0.6 is 0 Å². The highest BCUT2D eigenvalue weighted by Crippen LogP contribution is 2.28. The van der Waals surface area contributed by atoms with Crippen molar-refractivity contribution >= 4 is 0 Å². The van der Waals surface area contributed by atoms with Gasteiger partial charge in [0.05, 0.1) is 13.2 Å². The summed E-state index contributed by atoms with van der Waals surface area (Å²) >= 11 is 0. The molecule has 10 atom stereocenters. The second-order valence-electron chi connectivity index (χ2n) is 5.53. The molecule has 2 rings (SSSR count). The third-order valence-electron chi connectivity index (χ3n) is 3.98. The lowest BCUT2D eigenvalue weighted by Crippen LogP contribution is -2.64. The molecule has 2 heterocycles. The van der Waals surface area contributed by atoms with E-state index in [1.54, 1.807) is 0 Å². The molecule has 2 fully saturated rings. The molecular weight excluding hydrogens is 320 g/mol. The van der Waals surface area contributed by atoms with Crippen molar-refractivity contribution in [3.63, 3.8) is 0 Å². The maximum atomic E-state index is 9.94. The van der Waals surface area contributed by atoms with Gasteiger partial charge >= 0.3 is 0 Å². The smallest absolute Gasteiger partial charge is 0.187 e. The van der Waals surface area contributed by atoms with Crippen LogP contribution in [0.4, 0.5) is 0 Å². The molecule has 0 bridgehead atoms. The van der Waals surface area contributed by atoms with Gasteiger partial charge in [-0.15, -0.1) is 0 Å². The Morgan fingerprint density at radius 2 is 1.17 bits per heavy atom. The number of aliphatic hydroxyl groups excluding tert-OH is 8. The summed E-state index contributed by atoms with van der Waals surface area (Å²) in [7, 11) is 0. The van der Waals surface area contributed by atoms with Crippen molar-refractivity contribution in [2.45, 2.75) is 61.4 Å². The molecule has 0 saturated carbocycles. The van der Waals surface area contributed by atoms with Gasteiger partial charge in [0.25, 0.3) is 0 Å². The summed E-state index contributed by atoms with van der Waals surface area (Å²) in [6.45, 7) is -1.33. The fraction of sp³-hybridized carbons (Fsp3) is 1.00. The van der Waals surface area contributed by atoms with Crippen molar-refractivity contribution in [2.75, 3.05) is 13.2 Å². The minimum absolute atomic E-state index is 0.651. The number of rotatable bonds is 4. The topological polar surface area (TPSA) is 190 Å². The summed E-state index contributed by atoms with van der Waals surface area (Å²) in [5, 5.41) is 76.7.